The fourth-order valence-electron chi connectivity index (χ4n) is 2.88. The number of anilines is 1. The average molecular weight is 498 g/mol. The molecule has 0 atom stereocenters. The zero-order valence-corrected chi connectivity index (χ0v) is 19.4. The van der Waals surface area contributed by atoms with Crippen molar-refractivity contribution in [3.05, 3.63) is 93.3 Å². The monoisotopic (exact) mass is 497 g/mol. The molecular weight excluding hydrogens is 481 g/mol. The first-order chi connectivity index (χ1) is 16.0. The Bertz CT molecular complexity index is 1250. The minimum absolute atomic E-state index is 0.222. The van der Waals surface area contributed by atoms with Crippen LogP contribution in [-0.4, -0.2) is 23.6 Å². The molecule has 9 heteroatoms. The lowest BCUT2D eigenvalue weighted by molar-refractivity contribution is -0.118. The van der Waals surface area contributed by atoms with Crippen LogP contribution in [0.3, 0.4) is 0 Å². The first-order valence-electron chi connectivity index (χ1n) is 9.79. The maximum atomic E-state index is 12.4. The van der Waals surface area contributed by atoms with Gasteiger partial charge in [0.25, 0.3) is 11.8 Å². The number of hydrogen-bond donors (Lipinski definition) is 2. The summed E-state index contributed by atoms with van der Waals surface area (Å²) >= 11 is 13.2. The van der Waals surface area contributed by atoms with Gasteiger partial charge in [-0.2, -0.15) is 0 Å². The third-order valence-electron chi connectivity index (χ3n) is 4.38. The minimum atomic E-state index is -0.337. The average Bonchev–Trinajstić information content (AvgIpc) is 3.14. The summed E-state index contributed by atoms with van der Waals surface area (Å²) < 4.78 is 5.71. The molecule has 0 spiro atoms. The van der Waals surface area contributed by atoms with Crippen LogP contribution in [0.4, 0.5) is 11.4 Å². The van der Waals surface area contributed by atoms with Gasteiger partial charge >= 0.3 is 0 Å². The predicted octanol–water partition coefficient (Wildman–Crippen LogP) is 5.90. The molecule has 1 saturated heterocycles. The summed E-state index contributed by atoms with van der Waals surface area (Å²) in [6.45, 7) is -0.222. The van der Waals surface area contributed by atoms with E-state index in [0.717, 1.165) is 5.69 Å². The van der Waals surface area contributed by atoms with Crippen molar-refractivity contribution in [2.75, 3.05) is 11.9 Å². The zero-order valence-electron chi connectivity index (χ0n) is 17.0. The van der Waals surface area contributed by atoms with E-state index in [1.165, 1.54) is 11.8 Å². The molecule has 0 aliphatic carbocycles. The van der Waals surface area contributed by atoms with E-state index >= 15 is 0 Å². The number of carbonyl (C=O) groups is 2. The van der Waals surface area contributed by atoms with E-state index in [1.807, 2.05) is 30.3 Å². The van der Waals surface area contributed by atoms with Gasteiger partial charge in [0.2, 0.25) is 0 Å². The second-order valence-electron chi connectivity index (χ2n) is 6.84. The number of nitrogens with zero attached hydrogens (tertiary/aromatic N) is 1. The van der Waals surface area contributed by atoms with Crippen molar-refractivity contribution in [1.82, 2.24) is 5.32 Å². The lowest BCUT2D eigenvalue weighted by Crippen LogP contribution is -2.20. The summed E-state index contributed by atoms with van der Waals surface area (Å²) in [6.07, 6.45) is 1.66. The molecule has 33 heavy (non-hydrogen) atoms. The molecule has 0 bridgehead atoms. The normalized spacial score (nSPS) is 15.5. The third kappa shape index (κ3) is 6.38. The van der Waals surface area contributed by atoms with E-state index in [-0.39, 0.29) is 18.4 Å². The van der Waals surface area contributed by atoms with E-state index in [4.69, 9.17) is 27.9 Å². The molecule has 0 radical (unpaired) electrons. The van der Waals surface area contributed by atoms with Crippen molar-refractivity contribution >= 4 is 69.4 Å². The molecule has 1 heterocycles. The molecule has 1 aliphatic rings. The van der Waals surface area contributed by atoms with Crippen LogP contribution in [0.25, 0.3) is 6.08 Å². The van der Waals surface area contributed by atoms with E-state index in [0.29, 0.717) is 37.1 Å². The van der Waals surface area contributed by atoms with Gasteiger partial charge in [-0.15, -0.1) is 0 Å². The fourth-order valence-corrected chi connectivity index (χ4v) is 4.02. The molecule has 1 fully saturated rings. The van der Waals surface area contributed by atoms with Crippen LogP contribution in [0.2, 0.25) is 10.0 Å². The molecule has 0 saturated carbocycles. The minimum Gasteiger partial charge on any atom is -0.483 e. The van der Waals surface area contributed by atoms with Gasteiger partial charge in [-0.05, 0) is 72.4 Å². The third-order valence-corrected chi connectivity index (χ3v) is 5.78. The van der Waals surface area contributed by atoms with Gasteiger partial charge in [0, 0.05) is 21.3 Å². The Kier molecular flexibility index (Phi) is 7.34. The smallest absolute Gasteiger partial charge is 0.264 e. The molecule has 2 amide bonds. The number of thioether (sulfide) groups is 1. The first kappa shape index (κ1) is 22.9. The molecule has 0 unspecified atom stereocenters. The number of halogens is 2. The molecule has 2 N–H and O–H groups in total. The Balaban J connectivity index is 1.47. The number of hydrogen-bond acceptors (Lipinski definition) is 5. The van der Waals surface area contributed by atoms with Gasteiger partial charge in [-0.25, -0.2) is 4.99 Å². The van der Waals surface area contributed by atoms with Gasteiger partial charge in [0.05, 0.1) is 10.6 Å². The molecule has 6 nitrogen and oxygen atoms in total. The van der Waals surface area contributed by atoms with Gasteiger partial charge in [0.1, 0.15) is 5.75 Å². The van der Waals surface area contributed by atoms with Crippen LogP contribution in [0, 0.1) is 0 Å². The number of amidine groups is 1. The maximum Gasteiger partial charge on any atom is 0.264 e. The van der Waals surface area contributed by atoms with Crippen molar-refractivity contribution in [3.8, 4) is 5.75 Å². The van der Waals surface area contributed by atoms with Crippen molar-refractivity contribution < 1.29 is 14.3 Å². The van der Waals surface area contributed by atoms with E-state index in [9.17, 15) is 9.59 Å². The molecule has 0 aromatic heterocycles. The van der Waals surface area contributed by atoms with Gasteiger partial charge in [0.15, 0.2) is 11.8 Å². The maximum absolute atomic E-state index is 12.4. The highest BCUT2D eigenvalue weighted by Gasteiger charge is 2.24. The number of rotatable bonds is 6. The lowest BCUT2D eigenvalue weighted by Gasteiger charge is -2.10. The summed E-state index contributed by atoms with van der Waals surface area (Å²) in [6, 6.07) is 21.1. The van der Waals surface area contributed by atoms with Crippen molar-refractivity contribution in [1.29, 1.82) is 0 Å². The van der Waals surface area contributed by atoms with Crippen LogP contribution < -0.4 is 15.4 Å². The highest BCUT2D eigenvalue weighted by atomic mass is 35.5. The predicted molar refractivity (Wildman–Crippen MR) is 134 cm³/mol. The Morgan fingerprint density at radius 2 is 1.76 bits per heavy atom. The lowest BCUT2D eigenvalue weighted by atomic mass is 10.2. The largest absolute Gasteiger partial charge is 0.483 e. The van der Waals surface area contributed by atoms with Crippen LogP contribution in [0.1, 0.15) is 5.56 Å². The summed E-state index contributed by atoms with van der Waals surface area (Å²) in [5, 5.41) is 7.01. The number of para-hydroxylation sites is 1. The van der Waals surface area contributed by atoms with Gasteiger partial charge in [-0.1, -0.05) is 41.4 Å². The molecule has 3 aromatic rings. The second-order valence-corrected chi connectivity index (χ2v) is 8.75. The van der Waals surface area contributed by atoms with Crippen molar-refractivity contribution in [2.24, 2.45) is 4.99 Å². The number of ether oxygens (including phenoxy) is 1. The first-order valence-corrected chi connectivity index (χ1v) is 11.4. The number of benzene rings is 3. The number of nitrogens with one attached hydrogen (secondary N) is 2. The van der Waals surface area contributed by atoms with Crippen LogP contribution in [0.5, 0.6) is 5.75 Å². The molecule has 166 valence electrons. The van der Waals surface area contributed by atoms with E-state index in [2.05, 4.69) is 15.6 Å². The summed E-state index contributed by atoms with van der Waals surface area (Å²) in [5.41, 5.74) is 1.91. The Hall–Kier alpha value is -3.26. The molecule has 1 aliphatic heterocycles. The summed E-state index contributed by atoms with van der Waals surface area (Å²) in [7, 11) is 0. The fraction of sp³-hybridized carbons (Fsp3) is 0.0417. The Labute approximate surface area is 204 Å². The quantitative estimate of drug-likeness (QED) is 0.415. The zero-order chi connectivity index (χ0) is 23.2. The molecule has 3 aromatic carbocycles. The Morgan fingerprint density at radius 1 is 1.03 bits per heavy atom. The summed E-state index contributed by atoms with van der Waals surface area (Å²) in [4.78, 5) is 29.6. The molecular formula is C24H17Cl2N3O3S. The van der Waals surface area contributed by atoms with Crippen molar-refractivity contribution in [3.63, 3.8) is 0 Å². The van der Waals surface area contributed by atoms with Crippen LogP contribution in [0.15, 0.2) is 82.7 Å². The number of aliphatic imine (C=N–C) groups is 1. The summed E-state index contributed by atoms with van der Waals surface area (Å²) in [5.74, 6) is -0.197. The van der Waals surface area contributed by atoms with Crippen LogP contribution >= 0.6 is 35.0 Å². The standard InChI is InChI=1S/C24H17Cl2N3O3S/c25-16-6-9-19(10-7-16)27-22(30)14-32-20-11-8-17(26)12-15(20)13-21-23(31)29-24(33-21)28-18-4-2-1-3-5-18/h1-13H,14H2,(H,27,30)(H,28,29,31)/b21-13-. The highest BCUT2D eigenvalue weighted by Crippen LogP contribution is 2.32. The highest BCUT2D eigenvalue weighted by molar-refractivity contribution is 8.18. The van der Waals surface area contributed by atoms with Gasteiger partial charge < -0.3 is 15.4 Å². The van der Waals surface area contributed by atoms with E-state index < -0.39 is 0 Å². The van der Waals surface area contributed by atoms with E-state index in [1.54, 1.807) is 48.5 Å². The molecule has 4 rings (SSSR count). The number of amides is 2. The van der Waals surface area contributed by atoms with Crippen molar-refractivity contribution in [2.45, 2.75) is 0 Å². The SMILES string of the molecule is O=C(COc1ccc(Cl)cc1/C=C1\SC(=Nc2ccccc2)NC1=O)Nc1ccc(Cl)cc1. The van der Waals surface area contributed by atoms with Gasteiger partial charge in [-0.3, -0.25) is 9.59 Å². The topological polar surface area (TPSA) is 79.8 Å². The van der Waals surface area contributed by atoms with Crippen LogP contribution in [-0.2, 0) is 9.59 Å². The second kappa shape index (κ2) is 10.6. The number of carbonyl (C=O) groups excluding carboxylic acids is 2. The Morgan fingerprint density at radius 3 is 2.52 bits per heavy atom.